The van der Waals surface area contributed by atoms with Gasteiger partial charge in [0.2, 0.25) is 0 Å². The number of likely N-dealkylation sites (tertiary alicyclic amines) is 1. The smallest absolute Gasteiger partial charge is 0.175 e. The number of anilines is 1. The van der Waals surface area contributed by atoms with Crippen molar-refractivity contribution < 1.29 is 8.42 Å². The molecule has 0 bridgehead atoms. The maximum Gasteiger partial charge on any atom is 0.175 e. The zero-order valence-electron chi connectivity index (χ0n) is 13.3. The van der Waals surface area contributed by atoms with Gasteiger partial charge in [0.15, 0.2) is 9.84 Å². The molecule has 0 spiro atoms. The van der Waals surface area contributed by atoms with Gasteiger partial charge in [-0.05, 0) is 49.4 Å². The zero-order valence-corrected chi connectivity index (χ0v) is 14.1. The van der Waals surface area contributed by atoms with Crippen LogP contribution in [0.25, 0.3) is 0 Å². The van der Waals surface area contributed by atoms with E-state index in [4.69, 9.17) is 0 Å². The number of benzene rings is 1. The van der Waals surface area contributed by atoms with E-state index in [1.165, 1.54) is 51.4 Å². The molecule has 5 heteroatoms. The van der Waals surface area contributed by atoms with Crippen LogP contribution in [-0.4, -0.2) is 45.2 Å². The molecule has 122 valence electrons. The maximum atomic E-state index is 11.5. The largest absolute Gasteiger partial charge is 0.381 e. The SMILES string of the molecule is CS(=O)(=O)c1ccc(NC2CCN(CC3CCCC3)C2)cc1. The highest BCUT2D eigenvalue weighted by Crippen LogP contribution is 2.27. The highest BCUT2D eigenvalue weighted by Gasteiger charge is 2.25. The van der Waals surface area contributed by atoms with E-state index in [9.17, 15) is 8.42 Å². The van der Waals surface area contributed by atoms with E-state index in [1.54, 1.807) is 12.1 Å². The van der Waals surface area contributed by atoms with Crippen molar-refractivity contribution in [2.24, 2.45) is 5.92 Å². The Morgan fingerprint density at radius 1 is 1.14 bits per heavy atom. The molecule has 0 amide bonds. The van der Waals surface area contributed by atoms with Crippen molar-refractivity contribution in [1.29, 1.82) is 0 Å². The predicted molar refractivity (Wildman–Crippen MR) is 90.0 cm³/mol. The van der Waals surface area contributed by atoms with Crippen LogP contribution in [0.1, 0.15) is 32.1 Å². The summed E-state index contributed by atoms with van der Waals surface area (Å²) >= 11 is 0. The molecule has 1 aliphatic carbocycles. The van der Waals surface area contributed by atoms with Crippen molar-refractivity contribution in [3.63, 3.8) is 0 Å². The highest BCUT2D eigenvalue weighted by atomic mass is 32.2. The van der Waals surface area contributed by atoms with Gasteiger partial charge in [0.05, 0.1) is 4.90 Å². The third kappa shape index (κ3) is 4.02. The first-order chi connectivity index (χ1) is 10.5. The molecule has 1 aliphatic heterocycles. The van der Waals surface area contributed by atoms with Crippen molar-refractivity contribution in [1.82, 2.24) is 4.90 Å². The van der Waals surface area contributed by atoms with E-state index in [0.29, 0.717) is 10.9 Å². The van der Waals surface area contributed by atoms with Crippen molar-refractivity contribution >= 4 is 15.5 Å². The summed E-state index contributed by atoms with van der Waals surface area (Å²) in [5.74, 6) is 0.910. The minimum Gasteiger partial charge on any atom is -0.381 e. The lowest BCUT2D eigenvalue weighted by atomic mass is 10.1. The Balaban J connectivity index is 1.51. The average Bonchev–Trinajstić information content (AvgIpc) is 3.11. The van der Waals surface area contributed by atoms with Crippen LogP contribution < -0.4 is 5.32 Å². The van der Waals surface area contributed by atoms with Gasteiger partial charge >= 0.3 is 0 Å². The molecule has 1 unspecified atom stereocenters. The molecule has 2 fully saturated rings. The van der Waals surface area contributed by atoms with Gasteiger partial charge < -0.3 is 10.2 Å². The number of sulfone groups is 1. The van der Waals surface area contributed by atoms with Crippen LogP contribution >= 0.6 is 0 Å². The fraction of sp³-hybridized carbons (Fsp3) is 0.647. The summed E-state index contributed by atoms with van der Waals surface area (Å²) in [4.78, 5) is 2.96. The first-order valence-electron chi connectivity index (χ1n) is 8.30. The molecule has 1 heterocycles. The molecule has 3 rings (SSSR count). The van der Waals surface area contributed by atoms with Crippen LogP contribution in [0.15, 0.2) is 29.2 Å². The minimum absolute atomic E-state index is 0.382. The molecular weight excluding hydrogens is 296 g/mol. The topological polar surface area (TPSA) is 49.4 Å². The highest BCUT2D eigenvalue weighted by molar-refractivity contribution is 7.90. The lowest BCUT2D eigenvalue weighted by Crippen LogP contribution is -2.29. The van der Waals surface area contributed by atoms with Crippen molar-refractivity contribution in [3.05, 3.63) is 24.3 Å². The molecule has 0 aromatic heterocycles. The molecular formula is C17H26N2O2S. The third-order valence-electron chi connectivity index (χ3n) is 4.92. The molecule has 1 atom stereocenters. The Hall–Kier alpha value is -1.07. The van der Waals surface area contributed by atoms with Crippen molar-refractivity contribution in [2.75, 3.05) is 31.2 Å². The Bertz CT molecular complexity index is 592. The summed E-state index contributed by atoms with van der Waals surface area (Å²) in [6, 6.07) is 7.59. The van der Waals surface area contributed by atoms with Gasteiger partial charge in [-0.2, -0.15) is 0 Å². The Morgan fingerprint density at radius 3 is 2.45 bits per heavy atom. The van der Waals surface area contributed by atoms with Gasteiger partial charge in [0.25, 0.3) is 0 Å². The predicted octanol–water partition coefficient (Wildman–Crippen LogP) is 2.77. The average molecular weight is 322 g/mol. The van der Waals surface area contributed by atoms with E-state index in [1.807, 2.05) is 12.1 Å². The number of nitrogens with zero attached hydrogens (tertiary/aromatic N) is 1. The standard InChI is InChI=1S/C17H26N2O2S/c1-22(20,21)17-8-6-15(7-9-17)18-16-10-11-19(13-16)12-14-4-2-3-5-14/h6-9,14,16,18H,2-5,10-13H2,1H3. The van der Waals surface area contributed by atoms with Crippen molar-refractivity contribution in [3.8, 4) is 0 Å². The number of rotatable bonds is 5. The van der Waals surface area contributed by atoms with E-state index in [0.717, 1.165) is 18.2 Å². The number of hydrogen-bond acceptors (Lipinski definition) is 4. The molecule has 1 saturated heterocycles. The molecule has 4 nitrogen and oxygen atoms in total. The van der Waals surface area contributed by atoms with Gasteiger partial charge in [-0.3, -0.25) is 0 Å². The molecule has 22 heavy (non-hydrogen) atoms. The van der Waals surface area contributed by atoms with Gasteiger partial charge in [-0.15, -0.1) is 0 Å². The first-order valence-corrected chi connectivity index (χ1v) is 10.2. The zero-order chi connectivity index (χ0) is 15.6. The molecule has 2 aliphatic rings. The summed E-state index contributed by atoms with van der Waals surface area (Å²) < 4.78 is 22.9. The molecule has 1 aromatic rings. The van der Waals surface area contributed by atoms with E-state index < -0.39 is 9.84 Å². The fourth-order valence-electron chi connectivity index (χ4n) is 3.71. The van der Waals surface area contributed by atoms with Gasteiger partial charge in [-0.25, -0.2) is 8.42 Å². The van der Waals surface area contributed by atoms with Crippen LogP contribution in [0.3, 0.4) is 0 Å². The van der Waals surface area contributed by atoms with Crippen LogP contribution in [0.2, 0.25) is 0 Å². The van der Waals surface area contributed by atoms with Crippen LogP contribution in [-0.2, 0) is 9.84 Å². The summed E-state index contributed by atoms with van der Waals surface area (Å²) in [6.45, 7) is 3.53. The Morgan fingerprint density at radius 2 is 1.82 bits per heavy atom. The number of nitrogens with one attached hydrogen (secondary N) is 1. The third-order valence-corrected chi connectivity index (χ3v) is 6.05. The lowest BCUT2D eigenvalue weighted by molar-refractivity contribution is 0.278. The van der Waals surface area contributed by atoms with Gasteiger partial charge in [0, 0.05) is 37.6 Å². The van der Waals surface area contributed by atoms with E-state index >= 15 is 0 Å². The maximum absolute atomic E-state index is 11.5. The quantitative estimate of drug-likeness (QED) is 0.905. The van der Waals surface area contributed by atoms with E-state index in [2.05, 4.69) is 10.2 Å². The molecule has 1 aromatic carbocycles. The summed E-state index contributed by atoms with van der Waals surface area (Å²) in [6.07, 6.45) is 8.04. The lowest BCUT2D eigenvalue weighted by Gasteiger charge is -2.20. The van der Waals surface area contributed by atoms with Crippen LogP contribution in [0, 0.1) is 5.92 Å². The van der Waals surface area contributed by atoms with Gasteiger partial charge in [0.1, 0.15) is 0 Å². The summed E-state index contributed by atoms with van der Waals surface area (Å²) in [7, 11) is -3.11. The molecule has 0 radical (unpaired) electrons. The van der Waals surface area contributed by atoms with E-state index in [-0.39, 0.29) is 0 Å². The summed E-state index contributed by atoms with van der Waals surface area (Å²) in [5.41, 5.74) is 1.01. The van der Waals surface area contributed by atoms with Gasteiger partial charge in [-0.1, -0.05) is 12.8 Å². The van der Waals surface area contributed by atoms with Crippen LogP contribution in [0.5, 0.6) is 0 Å². The Labute approximate surface area is 133 Å². The normalized spacial score (nSPS) is 24.0. The second-order valence-corrected chi connectivity index (χ2v) is 8.85. The fourth-order valence-corrected chi connectivity index (χ4v) is 4.34. The molecule has 1 saturated carbocycles. The van der Waals surface area contributed by atoms with Crippen molar-refractivity contribution in [2.45, 2.75) is 43.0 Å². The monoisotopic (exact) mass is 322 g/mol. The second kappa shape index (κ2) is 6.59. The summed E-state index contributed by atoms with van der Waals surface area (Å²) in [5, 5.41) is 3.54. The van der Waals surface area contributed by atoms with Crippen LogP contribution in [0.4, 0.5) is 5.69 Å². The first kappa shape index (κ1) is 15.8. The Kier molecular flexibility index (Phi) is 4.73. The number of hydrogen-bond donors (Lipinski definition) is 1. The minimum atomic E-state index is -3.11. The molecule has 1 N–H and O–H groups in total. The second-order valence-electron chi connectivity index (χ2n) is 6.84.